The summed E-state index contributed by atoms with van der Waals surface area (Å²) in [6.45, 7) is 5.58. The van der Waals surface area contributed by atoms with E-state index in [0.717, 1.165) is 68.2 Å². The lowest BCUT2D eigenvalue weighted by molar-refractivity contribution is 0.151. The van der Waals surface area contributed by atoms with Gasteiger partial charge >= 0.3 is 0 Å². The molecule has 0 spiro atoms. The molecular formula is C26H40N4O2S. The standard InChI is InChI=1S/C26H40N4O2S/c1-33(31,32)23-9-10-25-24(17-23)28-26(21-11-14-27-18-21)30(25)22-12-15-29(16-13-22)19-20-7-5-3-2-4-6-8-20/h9-10,17,20-22,27H,2-8,11-16,18-19H2,1H3. The second kappa shape index (κ2) is 10.0. The molecule has 7 heteroatoms. The minimum Gasteiger partial charge on any atom is -0.324 e. The molecule has 3 aliphatic rings. The van der Waals surface area contributed by atoms with E-state index in [9.17, 15) is 8.42 Å². The van der Waals surface area contributed by atoms with Gasteiger partial charge in [-0.25, -0.2) is 13.4 Å². The molecular weight excluding hydrogens is 432 g/mol. The van der Waals surface area contributed by atoms with E-state index in [1.807, 2.05) is 6.07 Å². The van der Waals surface area contributed by atoms with Crippen molar-refractivity contribution in [2.45, 2.75) is 81.1 Å². The highest BCUT2D eigenvalue weighted by Gasteiger charge is 2.30. The van der Waals surface area contributed by atoms with Gasteiger partial charge in [-0.3, -0.25) is 0 Å². The average molecular weight is 473 g/mol. The number of hydrogen-bond acceptors (Lipinski definition) is 5. The number of rotatable bonds is 5. The van der Waals surface area contributed by atoms with Gasteiger partial charge in [0.15, 0.2) is 9.84 Å². The molecule has 3 fully saturated rings. The summed E-state index contributed by atoms with van der Waals surface area (Å²) in [5, 5.41) is 3.49. The molecule has 2 aliphatic heterocycles. The molecule has 0 bridgehead atoms. The predicted molar refractivity (Wildman–Crippen MR) is 134 cm³/mol. The van der Waals surface area contributed by atoms with Gasteiger partial charge in [0, 0.05) is 44.4 Å². The number of nitrogens with one attached hydrogen (secondary N) is 1. The highest BCUT2D eigenvalue weighted by Crippen LogP contribution is 2.35. The average Bonchev–Trinajstić information content (AvgIpc) is 3.43. The maximum atomic E-state index is 12.1. The summed E-state index contributed by atoms with van der Waals surface area (Å²) >= 11 is 0. The van der Waals surface area contributed by atoms with Gasteiger partial charge in [-0.05, 0) is 62.8 Å². The van der Waals surface area contributed by atoms with E-state index in [2.05, 4.69) is 14.8 Å². The van der Waals surface area contributed by atoms with Gasteiger partial charge in [-0.1, -0.05) is 32.1 Å². The Kier molecular flexibility index (Phi) is 7.09. The first-order valence-electron chi connectivity index (χ1n) is 13.1. The molecule has 1 unspecified atom stereocenters. The SMILES string of the molecule is CS(=O)(=O)c1ccc2c(c1)nc(C1CCNC1)n2C1CCN(CC2CCCCCCC2)CC1. The topological polar surface area (TPSA) is 67.2 Å². The summed E-state index contributed by atoms with van der Waals surface area (Å²) in [4.78, 5) is 8.10. The zero-order chi connectivity index (χ0) is 22.8. The Labute approximate surface area is 199 Å². The summed E-state index contributed by atoms with van der Waals surface area (Å²) in [5.41, 5.74) is 1.93. The van der Waals surface area contributed by atoms with E-state index < -0.39 is 9.84 Å². The molecule has 5 rings (SSSR count). The van der Waals surface area contributed by atoms with E-state index >= 15 is 0 Å². The fourth-order valence-corrected chi connectivity index (χ4v) is 6.96. The number of imidazole rings is 1. The van der Waals surface area contributed by atoms with Crippen molar-refractivity contribution in [3.05, 3.63) is 24.0 Å². The van der Waals surface area contributed by atoms with Crippen LogP contribution in [0, 0.1) is 5.92 Å². The molecule has 6 nitrogen and oxygen atoms in total. The van der Waals surface area contributed by atoms with Gasteiger partial charge < -0.3 is 14.8 Å². The largest absolute Gasteiger partial charge is 0.324 e. The van der Waals surface area contributed by atoms with Crippen LogP contribution < -0.4 is 5.32 Å². The molecule has 1 aliphatic carbocycles. The third-order valence-electron chi connectivity index (χ3n) is 8.21. The van der Waals surface area contributed by atoms with E-state index in [1.54, 1.807) is 12.1 Å². The number of benzene rings is 1. The van der Waals surface area contributed by atoms with Crippen molar-refractivity contribution >= 4 is 20.9 Å². The Morgan fingerprint density at radius 3 is 2.39 bits per heavy atom. The molecule has 0 radical (unpaired) electrons. The zero-order valence-corrected chi connectivity index (χ0v) is 21.0. The molecule has 1 atom stereocenters. The van der Waals surface area contributed by atoms with Crippen LogP contribution >= 0.6 is 0 Å². The summed E-state index contributed by atoms with van der Waals surface area (Å²) in [7, 11) is -3.24. The Bertz CT molecular complexity index is 1040. The maximum absolute atomic E-state index is 12.1. The fraction of sp³-hybridized carbons (Fsp3) is 0.731. The van der Waals surface area contributed by atoms with E-state index in [1.165, 1.54) is 57.7 Å². The van der Waals surface area contributed by atoms with Crippen LogP contribution in [0.25, 0.3) is 11.0 Å². The molecule has 1 N–H and O–H groups in total. The van der Waals surface area contributed by atoms with Crippen LogP contribution in [0.5, 0.6) is 0 Å². The highest BCUT2D eigenvalue weighted by atomic mass is 32.2. The first-order chi connectivity index (χ1) is 16.0. The molecule has 182 valence electrons. The Hall–Kier alpha value is -1.44. The van der Waals surface area contributed by atoms with Crippen molar-refractivity contribution in [2.24, 2.45) is 5.92 Å². The van der Waals surface area contributed by atoms with Crippen LogP contribution in [0.15, 0.2) is 23.1 Å². The number of piperidine rings is 1. The van der Waals surface area contributed by atoms with Crippen molar-refractivity contribution in [1.82, 2.24) is 19.8 Å². The highest BCUT2D eigenvalue weighted by molar-refractivity contribution is 7.90. The molecule has 2 saturated heterocycles. The number of sulfone groups is 1. The monoisotopic (exact) mass is 472 g/mol. The van der Waals surface area contributed by atoms with Crippen molar-refractivity contribution in [1.29, 1.82) is 0 Å². The molecule has 2 aromatic rings. The quantitative estimate of drug-likeness (QED) is 0.693. The predicted octanol–water partition coefficient (Wildman–Crippen LogP) is 4.51. The Morgan fingerprint density at radius 2 is 1.73 bits per heavy atom. The fourth-order valence-electron chi connectivity index (χ4n) is 6.32. The molecule has 0 amide bonds. The van der Waals surface area contributed by atoms with Gasteiger partial charge in [-0.2, -0.15) is 0 Å². The molecule has 1 saturated carbocycles. The smallest absolute Gasteiger partial charge is 0.175 e. The molecule has 1 aromatic carbocycles. The number of fused-ring (bicyclic) bond motifs is 1. The summed E-state index contributed by atoms with van der Waals surface area (Å²) in [6, 6.07) is 5.97. The maximum Gasteiger partial charge on any atom is 0.175 e. The van der Waals surface area contributed by atoms with E-state index in [0.29, 0.717) is 16.9 Å². The van der Waals surface area contributed by atoms with Crippen LogP contribution in [-0.4, -0.2) is 61.8 Å². The second-order valence-electron chi connectivity index (χ2n) is 10.7. The number of aromatic nitrogens is 2. The number of hydrogen-bond donors (Lipinski definition) is 1. The van der Waals surface area contributed by atoms with Crippen LogP contribution in [0.1, 0.15) is 82.0 Å². The summed E-state index contributed by atoms with van der Waals surface area (Å²) < 4.78 is 26.7. The van der Waals surface area contributed by atoms with Crippen molar-refractivity contribution < 1.29 is 8.42 Å². The lowest BCUT2D eigenvalue weighted by Gasteiger charge is -2.36. The molecule has 1 aromatic heterocycles. The third kappa shape index (κ3) is 5.30. The lowest BCUT2D eigenvalue weighted by Crippen LogP contribution is -2.38. The van der Waals surface area contributed by atoms with Crippen molar-refractivity contribution in [3.8, 4) is 0 Å². The Morgan fingerprint density at radius 1 is 1.00 bits per heavy atom. The number of likely N-dealkylation sites (tertiary alicyclic amines) is 1. The van der Waals surface area contributed by atoms with Crippen LogP contribution in [0.4, 0.5) is 0 Å². The van der Waals surface area contributed by atoms with Crippen LogP contribution in [0.3, 0.4) is 0 Å². The summed E-state index contributed by atoms with van der Waals surface area (Å²) in [6.07, 6.45) is 14.6. The third-order valence-corrected chi connectivity index (χ3v) is 9.32. The summed E-state index contributed by atoms with van der Waals surface area (Å²) in [5.74, 6) is 2.44. The van der Waals surface area contributed by atoms with Gasteiger partial charge in [0.25, 0.3) is 0 Å². The normalized spacial score (nSPS) is 24.8. The van der Waals surface area contributed by atoms with Crippen LogP contribution in [0.2, 0.25) is 0 Å². The first-order valence-corrected chi connectivity index (χ1v) is 15.0. The molecule has 33 heavy (non-hydrogen) atoms. The van der Waals surface area contributed by atoms with Gasteiger partial charge in [0.1, 0.15) is 5.82 Å². The second-order valence-corrected chi connectivity index (χ2v) is 12.7. The minimum atomic E-state index is -3.24. The minimum absolute atomic E-state index is 0.366. The van der Waals surface area contributed by atoms with E-state index in [-0.39, 0.29) is 0 Å². The Balaban J connectivity index is 1.35. The van der Waals surface area contributed by atoms with Crippen molar-refractivity contribution in [2.75, 3.05) is 39.0 Å². The van der Waals surface area contributed by atoms with E-state index in [4.69, 9.17) is 4.98 Å². The lowest BCUT2D eigenvalue weighted by atomic mass is 9.90. The zero-order valence-electron chi connectivity index (χ0n) is 20.1. The number of nitrogens with zero attached hydrogens (tertiary/aromatic N) is 3. The van der Waals surface area contributed by atoms with Gasteiger partial charge in [-0.15, -0.1) is 0 Å². The van der Waals surface area contributed by atoms with Gasteiger partial charge in [0.05, 0.1) is 15.9 Å². The van der Waals surface area contributed by atoms with Gasteiger partial charge in [0.2, 0.25) is 0 Å². The van der Waals surface area contributed by atoms with Crippen LogP contribution in [-0.2, 0) is 9.84 Å². The first kappa shape index (κ1) is 23.3. The molecule has 3 heterocycles. The van der Waals surface area contributed by atoms with Crippen molar-refractivity contribution in [3.63, 3.8) is 0 Å².